The van der Waals surface area contributed by atoms with E-state index in [1.54, 1.807) is 11.8 Å². The summed E-state index contributed by atoms with van der Waals surface area (Å²) in [6.07, 6.45) is 1.94. The Balaban J connectivity index is 1.39. The first-order valence-corrected chi connectivity index (χ1v) is 13.9. The lowest BCUT2D eigenvalue weighted by atomic mass is 10.1. The maximum Gasteiger partial charge on any atom is 0.134 e. The summed E-state index contributed by atoms with van der Waals surface area (Å²) >= 11 is 6.74. The molecule has 0 amide bonds. The zero-order chi connectivity index (χ0) is 25.1. The number of rotatable bonds is 6. The summed E-state index contributed by atoms with van der Waals surface area (Å²) in [7, 11) is 0. The van der Waals surface area contributed by atoms with Crippen molar-refractivity contribution in [2.24, 2.45) is 0 Å². The predicted octanol–water partition coefficient (Wildman–Crippen LogP) is 9.20. The van der Waals surface area contributed by atoms with Crippen LogP contribution in [-0.4, -0.2) is 9.55 Å². The topological polar surface area (TPSA) is 41.6 Å². The molecule has 0 saturated carbocycles. The van der Waals surface area contributed by atoms with E-state index in [1.807, 2.05) is 41.8 Å². The Kier molecular flexibility index (Phi) is 7.24. The SMILES string of the molecule is Cc1cc(C=C(C#N)c2nc(-c3ccc(Sc4ccccc4)cc3)cs2)c(C)n1-c1ccc(Br)cc1. The van der Waals surface area contributed by atoms with Crippen LogP contribution in [-0.2, 0) is 0 Å². The van der Waals surface area contributed by atoms with Gasteiger partial charge in [-0.15, -0.1) is 11.3 Å². The highest BCUT2D eigenvalue weighted by Crippen LogP contribution is 2.32. The normalized spacial score (nSPS) is 11.4. The lowest BCUT2D eigenvalue weighted by Crippen LogP contribution is -1.98. The van der Waals surface area contributed by atoms with Crippen LogP contribution in [0.2, 0.25) is 0 Å². The van der Waals surface area contributed by atoms with Gasteiger partial charge in [-0.1, -0.05) is 58.0 Å². The van der Waals surface area contributed by atoms with Crippen LogP contribution < -0.4 is 0 Å². The van der Waals surface area contributed by atoms with E-state index in [2.05, 4.69) is 95.0 Å². The van der Waals surface area contributed by atoms with Crippen molar-refractivity contribution < 1.29 is 0 Å². The second kappa shape index (κ2) is 10.7. The largest absolute Gasteiger partial charge is 0.318 e. The first kappa shape index (κ1) is 24.3. The van der Waals surface area contributed by atoms with E-state index < -0.39 is 0 Å². The summed E-state index contributed by atoms with van der Waals surface area (Å²) in [4.78, 5) is 7.19. The molecule has 0 unspecified atom stereocenters. The van der Waals surface area contributed by atoms with Gasteiger partial charge in [-0.2, -0.15) is 5.26 Å². The van der Waals surface area contributed by atoms with Crippen molar-refractivity contribution >= 4 is 50.7 Å². The quantitative estimate of drug-likeness (QED) is 0.192. The molecule has 0 atom stereocenters. The lowest BCUT2D eigenvalue weighted by Gasteiger charge is -2.09. The van der Waals surface area contributed by atoms with Gasteiger partial charge in [0.25, 0.3) is 0 Å². The number of benzene rings is 3. The van der Waals surface area contributed by atoms with Gasteiger partial charge < -0.3 is 4.57 Å². The Labute approximate surface area is 227 Å². The zero-order valence-corrected chi connectivity index (χ0v) is 23.0. The molecule has 5 rings (SSSR count). The van der Waals surface area contributed by atoms with Crippen LogP contribution in [0.1, 0.15) is 22.0 Å². The fourth-order valence-electron chi connectivity index (χ4n) is 4.07. The molecule has 0 fully saturated rings. The minimum Gasteiger partial charge on any atom is -0.318 e. The van der Waals surface area contributed by atoms with Crippen molar-refractivity contribution in [2.45, 2.75) is 23.6 Å². The van der Waals surface area contributed by atoms with Gasteiger partial charge in [-0.3, -0.25) is 0 Å². The molecule has 5 aromatic rings. The highest BCUT2D eigenvalue weighted by molar-refractivity contribution is 9.10. The highest BCUT2D eigenvalue weighted by Gasteiger charge is 2.13. The van der Waals surface area contributed by atoms with Crippen LogP contribution in [0.25, 0.3) is 28.6 Å². The van der Waals surface area contributed by atoms with Crippen molar-refractivity contribution in [2.75, 3.05) is 0 Å². The first-order valence-electron chi connectivity index (χ1n) is 11.4. The molecule has 0 aliphatic heterocycles. The van der Waals surface area contributed by atoms with Crippen LogP contribution >= 0.6 is 39.0 Å². The minimum absolute atomic E-state index is 0.568. The molecule has 3 nitrogen and oxygen atoms in total. The van der Waals surface area contributed by atoms with Gasteiger partial charge >= 0.3 is 0 Å². The second-order valence-electron chi connectivity index (χ2n) is 8.29. The molecule has 0 aliphatic carbocycles. The monoisotopic (exact) mass is 567 g/mol. The molecule has 0 spiro atoms. The molecular weight excluding hydrogens is 546 g/mol. The van der Waals surface area contributed by atoms with E-state index in [0.717, 1.165) is 43.4 Å². The summed E-state index contributed by atoms with van der Waals surface area (Å²) in [5.74, 6) is 0. The summed E-state index contributed by atoms with van der Waals surface area (Å²) in [5, 5.41) is 12.7. The summed E-state index contributed by atoms with van der Waals surface area (Å²) in [6.45, 7) is 4.16. The third kappa shape index (κ3) is 5.24. The summed E-state index contributed by atoms with van der Waals surface area (Å²) in [5.41, 5.74) is 6.81. The first-order chi connectivity index (χ1) is 17.5. The number of halogens is 1. The number of hydrogen-bond donors (Lipinski definition) is 0. The van der Waals surface area contributed by atoms with E-state index >= 15 is 0 Å². The molecule has 0 radical (unpaired) electrons. The van der Waals surface area contributed by atoms with Crippen molar-refractivity contribution in [3.63, 3.8) is 0 Å². The van der Waals surface area contributed by atoms with Gasteiger partial charge in [0.1, 0.15) is 11.1 Å². The van der Waals surface area contributed by atoms with E-state index in [9.17, 15) is 5.26 Å². The molecule has 0 aliphatic rings. The molecule has 2 aromatic heterocycles. The van der Waals surface area contributed by atoms with Crippen molar-refractivity contribution in [3.8, 4) is 23.0 Å². The summed E-state index contributed by atoms with van der Waals surface area (Å²) < 4.78 is 3.25. The maximum absolute atomic E-state index is 9.95. The molecule has 3 aromatic carbocycles. The molecule has 6 heteroatoms. The van der Waals surface area contributed by atoms with Gasteiger partial charge in [-0.05, 0) is 80.1 Å². The standard InChI is InChI=1S/C30H22BrN3S2/c1-20-16-23(21(2)34(20)26-12-10-25(31)11-13-26)17-24(18-32)30-33-29(19-35-30)22-8-14-28(15-9-22)36-27-6-4-3-5-7-27/h3-17,19H,1-2H3. The van der Waals surface area contributed by atoms with Crippen molar-refractivity contribution in [1.29, 1.82) is 5.26 Å². The van der Waals surface area contributed by atoms with Gasteiger partial charge in [0, 0.05) is 42.3 Å². The number of aryl methyl sites for hydroxylation is 1. The van der Waals surface area contributed by atoms with Crippen LogP contribution in [0.15, 0.2) is 105 Å². The summed E-state index contributed by atoms with van der Waals surface area (Å²) in [6, 6.07) is 31.5. The zero-order valence-electron chi connectivity index (χ0n) is 19.8. The average molecular weight is 569 g/mol. The van der Waals surface area contributed by atoms with E-state index in [1.165, 1.54) is 21.1 Å². The maximum atomic E-state index is 9.95. The number of aromatic nitrogens is 2. The molecule has 2 heterocycles. The Morgan fingerprint density at radius 3 is 2.36 bits per heavy atom. The molecule has 36 heavy (non-hydrogen) atoms. The highest BCUT2D eigenvalue weighted by atomic mass is 79.9. The fourth-order valence-corrected chi connectivity index (χ4v) is 5.96. The van der Waals surface area contributed by atoms with Crippen molar-refractivity contribution in [3.05, 3.63) is 117 Å². The second-order valence-corrected chi connectivity index (χ2v) is 11.2. The lowest BCUT2D eigenvalue weighted by molar-refractivity contribution is 0.964. The number of hydrogen-bond acceptors (Lipinski definition) is 4. The number of thiazole rings is 1. The molecule has 176 valence electrons. The van der Waals surface area contributed by atoms with Crippen molar-refractivity contribution in [1.82, 2.24) is 9.55 Å². The van der Waals surface area contributed by atoms with E-state index in [0.29, 0.717) is 5.57 Å². The Morgan fingerprint density at radius 1 is 0.972 bits per heavy atom. The van der Waals surface area contributed by atoms with Crippen LogP contribution in [0.4, 0.5) is 0 Å². The number of nitrogens with zero attached hydrogens (tertiary/aromatic N) is 3. The smallest absolute Gasteiger partial charge is 0.134 e. The third-order valence-electron chi connectivity index (χ3n) is 5.84. The van der Waals surface area contributed by atoms with Gasteiger partial charge in [0.2, 0.25) is 0 Å². The number of allylic oxidation sites excluding steroid dienone is 1. The van der Waals surface area contributed by atoms with Gasteiger partial charge in [0.05, 0.1) is 11.3 Å². The van der Waals surface area contributed by atoms with E-state index in [4.69, 9.17) is 4.98 Å². The van der Waals surface area contributed by atoms with Crippen LogP contribution in [0.5, 0.6) is 0 Å². The van der Waals surface area contributed by atoms with E-state index in [-0.39, 0.29) is 0 Å². The molecule has 0 N–H and O–H groups in total. The fraction of sp³-hybridized carbons (Fsp3) is 0.0667. The predicted molar refractivity (Wildman–Crippen MR) is 155 cm³/mol. The third-order valence-corrected chi connectivity index (χ3v) is 8.26. The van der Waals surface area contributed by atoms with Crippen LogP contribution in [0, 0.1) is 25.2 Å². The minimum atomic E-state index is 0.568. The molecule has 0 saturated heterocycles. The average Bonchev–Trinajstić information content (AvgIpc) is 3.49. The number of nitriles is 1. The Morgan fingerprint density at radius 2 is 1.67 bits per heavy atom. The van der Waals surface area contributed by atoms with Gasteiger partial charge in [0.15, 0.2) is 0 Å². The molecule has 0 bridgehead atoms. The van der Waals surface area contributed by atoms with Crippen LogP contribution in [0.3, 0.4) is 0 Å². The Hall–Kier alpha value is -3.37. The molecular formula is C30H22BrN3S2. The van der Waals surface area contributed by atoms with Gasteiger partial charge in [-0.25, -0.2) is 4.98 Å². The Bertz CT molecular complexity index is 1570.